The molecule has 1 aromatic heterocycles. The van der Waals surface area contributed by atoms with Gasteiger partial charge in [-0.1, -0.05) is 15.9 Å². The minimum Gasteiger partial charge on any atom is -0.439 e. The molecular weight excluding hydrogens is 287 g/mol. The highest BCUT2D eigenvalue weighted by Gasteiger charge is 2.04. The number of benzene rings is 1. The number of rotatable bonds is 2. The number of nitrogen functional groups attached to an aromatic ring is 1. The normalized spacial score (nSPS) is 10.3. The molecule has 0 radical (unpaired) electrons. The molecule has 0 saturated carbocycles. The first-order chi connectivity index (χ1) is 8.04. The third-order valence-corrected chi connectivity index (χ3v) is 2.64. The van der Waals surface area contributed by atoms with E-state index in [-0.39, 0.29) is 5.82 Å². The molecule has 0 aliphatic heterocycles. The number of hydrogen-bond donors (Lipinski definition) is 1. The molecule has 88 valence electrons. The number of nitrogens with two attached hydrogens (primary N) is 1. The maximum absolute atomic E-state index is 13.1. The number of hydrogen-bond acceptors (Lipinski definition) is 3. The largest absolute Gasteiger partial charge is 0.439 e. The molecule has 2 rings (SSSR count). The van der Waals surface area contributed by atoms with Crippen LogP contribution in [0.2, 0.25) is 0 Å². The number of halogens is 2. The van der Waals surface area contributed by atoms with Gasteiger partial charge in [-0.25, -0.2) is 9.37 Å². The summed E-state index contributed by atoms with van der Waals surface area (Å²) in [4.78, 5) is 4.01. The smallest absolute Gasteiger partial charge is 0.219 e. The van der Waals surface area contributed by atoms with Gasteiger partial charge in [0.1, 0.15) is 11.6 Å². The molecule has 1 heterocycles. The second-order valence-electron chi connectivity index (χ2n) is 3.59. The minimum atomic E-state index is -0.374. The third-order valence-electron chi connectivity index (χ3n) is 2.18. The summed E-state index contributed by atoms with van der Waals surface area (Å²) in [5, 5.41) is 0. The van der Waals surface area contributed by atoms with Crippen LogP contribution in [0, 0.1) is 12.7 Å². The maximum Gasteiger partial charge on any atom is 0.219 e. The van der Waals surface area contributed by atoms with Gasteiger partial charge in [0, 0.05) is 16.6 Å². The number of anilines is 1. The zero-order valence-corrected chi connectivity index (χ0v) is 10.7. The van der Waals surface area contributed by atoms with Crippen molar-refractivity contribution in [3.8, 4) is 11.6 Å². The average molecular weight is 297 g/mol. The fourth-order valence-corrected chi connectivity index (χ4v) is 1.75. The summed E-state index contributed by atoms with van der Waals surface area (Å²) in [7, 11) is 0. The fourth-order valence-electron chi connectivity index (χ4n) is 1.30. The van der Waals surface area contributed by atoms with Gasteiger partial charge in [-0.2, -0.15) is 0 Å². The van der Waals surface area contributed by atoms with Crippen LogP contribution >= 0.6 is 15.9 Å². The van der Waals surface area contributed by atoms with E-state index >= 15 is 0 Å². The van der Waals surface area contributed by atoms with Crippen LogP contribution in [-0.4, -0.2) is 4.98 Å². The maximum atomic E-state index is 13.1. The standard InChI is InChI=1S/C12H10BrFN2O/c1-7-2-12(16-6-11(7)15)17-10-4-8(13)3-9(14)5-10/h2-6H,15H2,1H3. The van der Waals surface area contributed by atoms with Crippen molar-refractivity contribution in [2.45, 2.75) is 6.92 Å². The SMILES string of the molecule is Cc1cc(Oc2cc(F)cc(Br)c2)ncc1N. The van der Waals surface area contributed by atoms with Crippen molar-refractivity contribution in [2.75, 3.05) is 5.73 Å². The monoisotopic (exact) mass is 296 g/mol. The molecule has 1 aromatic carbocycles. The molecule has 0 aliphatic rings. The van der Waals surface area contributed by atoms with Gasteiger partial charge >= 0.3 is 0 Å². The van der Waals surface area contributed by atoms with Crippen LogP contribution in [0.3, 0.4) is 0 Å². The molecule has 0 aliphatic carbocycles. The lowest BCUT2D eigenvalue weighted by Crippen LogP contribution is -1.94. The van der Waals surface area contributed by atoms with E-state index in [4.69, 9.17) is 10.5 Å². The Kier molecular flexibility index (Phi) is 3.28. The van der Waals surface area contributed by atoms with E-state index in [0.29, 0.717) is 21.8 Å². The zero-order chi connectivity index (χ0) is 12.4. The zero-order valence-electron chi connectivity index (χ0n) is 9.08. The highest BCUT2D eigenvalue weighted by Crippen LogP contribution is 2.26. The average Bonchev–Trinajstić information content (AvgIpc) is 2.22. The lowest BCUT2D eigenvalue weighted by molar-refractivity contribution is 0.457. The van der Waals surface area contributed by atoms with Gasteiger partial charge in [-0.15, -0.1) is 0 Å². The van der Waals surface area contributed by atoms with Crippen molar-refractivity contribution in [2.24, 2.45) is 0 Å². The molecule has 0 atom stereocenters. The summed E-state index contributed by atoms with van der Waals surface area (Å²) in [6, 6.07) is 6.01. The van der Waals surface area contributed by atoms with Gasteiger partial charge in [0.25, 0.3) is 0 Å². The molecule has 3 nitrogen and oxygen atoms in total. The molecule has 17 heavy (non-hydrogen) atoms. The summed E-state index contributed by atoms with van der Waals surface area (Å²) in [5.74, 6) is 0.393. The van der Waals surface area contributed by atoms with Crippen LogP contribution in [0.1, 0.15) is 5.56 Å². The van der Waals surface area contributed by atoms with E-state index in [0.717, 1.165) is 5.56 Å². The van der Waals surface area contributed by atoms with Gasteiger partial charge in [0.05, 0.1) is 11.9 Å². The van der Waals surface area contributed by atoms with Gasteiger partial charge in [-0.3, -0.25) is 0 Å². The van der Waals surface area contributed by atoms with E-state index in [9.17, 15) is 4.39 Å². The van der Waals surface area contributed by atoms with Gasteiger partial charge in [0.15, 0.2) is 0 Å². The molecule has 2 aromatic rings. The van der Waals surface area contributed by atoms with Crippen LogP contribution in [0.15, 0.2) is 34.9 Å². The van der Waals surface area contributed by atoms with Crippen LogP contribution in [-0.2, 0) is 0 Å². The van der Waals surface area contributed by atoms with Crippen LogP contribution in [0.5, 0.6) is 11.6 Å². The molecule has 0 spiro atoms. The molecule has 0 fully saturated rings. The number of ether oxygens (including phenoxy) is 1. The summed E-state index contributed by atoms with van der Waals surface area (Å²) >= 11 is 3.19. The van der Waals surface area contributed by atoms with E-state index in [1.807, 2.05) is 6.92 Å². The highest BCUT2D eigenvalue weighted by atomic mass is 79.9. The second-order valence-corrected chi connectivity index (χ2v) is 4.50. The Morgan fingerprint density at radius 3 is 2.71 bits per heavy atom. The molecular formula is C12H10BrFN2O. The minimum absolute atomic E-state index is 0.374. The van der Waals surface area contributed by atoms with E-state index in [1.54, 1.807) is 12.1 Å². The Hall–Kier alpha value is -1.62. The van der Waals surface area contributed by atoms with E-state index < -0.39 is 0 Å². The van der Waals surface area contributed by atoms with Crippen LogP contribution in [0.25, 0.3) is 0 Å². The lowest BCUT2D eigenvalue weighted by atomic mass is 10.2. The molecule has 0 saturated heterocycles. The quantitative estimate of drug-likeness (QED) is 0.920. The second kappa shape index (κ2) is 4.71. The summed E-state index contributed by atoms with van der Waals surface area (Å²) in [6.07, 6.45) is 1.51. The lowest BCUT2D eigenvalue weighted by Gasteiger charge is -2.07. The molecule has 0 unspecified atom stereocenters. The van der Waals surface area contributed by atoms with Crippen LogP contribution < -0.4 is 10.5 Å². The summed E-state index contributed by atoms with van der Waals surface area (Å²) in [6.45, 7) is 1.85. The Bertz CT molecular complexity index is 540. The summed E-state index contributed by atoms with van der Waals surface area (Å²) in [5.41, 5.74) is 7.11. The van der Waals surface area contributed by atoms with Crippen molar-refractivity contribution in [3.63, 3.8) is 0 Å². The number of pyridine rings is 1. The first-order valence-corrected chi connectivity index (χ1v) is 5.70. The number of nitrogens with zero attached hydrogens (tertiary/aromatic N) is 1. The molecule has 0 bridgehead atoms. The molecule has 5 heteroatoms. The van der Waals surface area contributed by atoms with E-state index in [1.165, 1.54) is 18.3 Å². The Morgan fingerprint density at radius 2 is 2.06 bits per heavy atom. The van der Waals surface area contributed by atoms with Crippen molar-refractivity contribution in [1.29, 1.82) is 0 Å². The topological polar surface area (TPSA) is 48.1 Å². The van der Waals surface area contributed by atoms with Crippen LogP contribution in [0.4, 0.5) is 10.1 Å². The first-order valence-electron chi connectivity index (χ1n) is 4.90. The van der Waals surface area contributed by atoms with Gasteiger partial charge < -0.3 is 10.5 Å². The predicted molar refractivity (Wildman–Crippen MR) is 67.6 cm³/mol. The van der Waals surface area contributed by atoms with Crippen molar-refractivity contribution in [1.82, 2.24) is 4.98 Å². The molecule has 0 amide bonds. The highest BCUT2D eigenvalue weighted by molar-refractivity contribution is 9.10. The van der Waals surface area contributed by atoms with Gasteiger partial charge in [0.2, 0.25) is 5.88 Å². The third kappa shape index (κ3) is 2.94. The Morgan fingerprint density at radius 1 is 1.29 bits per heavy atom. The summed E-state index contributed by atoms with van der Waals surface area (Å²) < 4.78 is 19.2. The van der Waals surface area contributed by atoms with Crippen molar-refractivity contribution >= 4 is 21.6 Å². The fraction of sp³-hybridized carbons (Fsp3) is 0.0833. The number of aromatic nitrogens is 1. The first kappa shape index (κ1) is 11.9. The Balaban J connectivity index is 2.28. The van der Waals surface area contributed by atoms with Crippen molar-refractivity contribution < 1.29 is 9.13 Å². The van der Waals surface area contributed by atoms with E-state index in [2.05, 4.69) is 20.9 Å². The van der Waals surface area contributed by atoms with Gasteiger partial charge in [-0.05, 0) is 24.6 Å². The molecule has 2 N–H and O–H groups in total. The number of aryl methyl sites for hydroxylation is 1. The Labute approximate surface area is 107 Å². The van der Waals surface area contributed by atoms with Crippen molar-refractivity contribution in [3.05, 3.63) is 46.3 Å². The predicted octanol–water partition coefficient (Wildman–Crippen LogP) is 3.67.